The fourth-order valence-electron chi connectivity index (χ4n) is 1.44. The summed E-state index contributed by atoms with van der Waals surface area (Å²) in [5.41, 5.74) is 0. The lowest BCUT2D eigenvalue weighted by atomic mass is 9.92. The summed E-state index contributed by atoms with van der Waals surface area (Å²) in [5.74, 6) is -0.643. The van der Waals surface area contributed by atoms with Crippen LogP contribution in [-0.2, 0) is 19.1 Å². The number of allylic oxidation sites excluding steroid dienone is 2. The Morgan fingerprint density at radius 2 is 2.36 bits per heavy atom. The number of ketones is 1. The predicted octanol–water partition coefficient (Wildman–Crippen LogP) is 1.06. The molecule has 0 bridgehead atoms. The van der Waals surface area contributed by atoms with Crippen molar-refractivity contribution >= 4 is 11.8 Å². The van der Waals surface area contributed by atoms with Crippen molar-refractivity contribution in [3.8, 4) is 0 Å². The minimum Gasteiger partial charge on any atom is -0.498 e. The molecule has 0 amide bonds. The van der Waals surface area contributed by atoms with E-state index in [1.165, 1.54) is 13.2 Å². The zero-order valence-corrected chi connectivity index (χ0v) is 8.41. The Balaban J connectivity index is 2.65. The van der Waals surface area contributed by atoms with E-state index < -0.39 is 11.9 Å². The Kier molecular flexibility index (Phi) is 3.68. The van der Waals surface area contributed by atoms with Gasteiger partial charge in [0.15, 0.2) is 5.78 Å². The molecule has 0 aliphatic heterocycles. The first kappa shape index (κ1) is 10.8. The van der Waals surface area contributed by atoms with Gasteiger partial charge in [-0.3, -0.25) is 9.59 Å². The predicted molar refractivity (Wildman–Crippen MR) is 49.5 cm³/mol. The van der Waals surface area contributed by atoms with E-state index in [-0.39, 0.29) is 5.78 Å². The van der Waals surface area contributed by atoms with Crippen LogP contribution in [0.1, 0.15) is 19.8 Å². The Morgan fingerprint density at radius 3 is 2.86 bits per heavy atom. The highest BCUT2D eigenvalue weighted by Gasteiger charge is 2.30. The third kappa shape index (κ3) is 2.34. The summed E-state index contributed by atoms with van der Waals surface area (Å²) < 4.78 is 9.73. The van der Waals surface area contributed by atoms with Crippen molar-refractivity contribution in [2.24, 2.45) is 5.92 Å². The fourth-order valence-corrected chi connectivity index (χ4v) is 1.44. The van der Waals surface area contributed by atoms with E-state index in [9.17, 15) is 9.59 Å². The van der Waals surface area contributed by atoms with Crippen LogP contribution in [0.3, 0.4) is 0 Å². The number of hydrogen-bond donors (Lipinski definition) is 0. The van der Waals surface area contributed by atoms with E-state index in [2.05, 4.69) is 4.74 Å². The van der Waals surface area contributed by atoms with Crippen LogP contribution in [0, 0.1) is 5.92 Å². The normalized spacial score (nSPS) is 21.4. The zero-order valence-electron chi connectivity index (χ0n) is 8.41. The van der Waals surface area contributed by atoms with Gasteiger partial charge in [-0.1, -0.05) is 0 Å². The standard InChI is InChI=1S/C10H14O4/c1-3-14-7-4-5-8(9(11)6-7)10(12)13-2/h6,8H,3-5H2,1-2H3. The van der Waals surface area contributed by atoms with Crippen LogP contribution in [0.25, 0.3) is 0 Å². The van der Waals surface area contributed by atoms with Gasteiger partial charge in [-0.15, -0.1) is 0 Å². The molecule has 78 valence electrons. The highest BCUT2D eigenvalue weighted by atomic mass is 16.5. The highest BCUT2D eigenvalue weighted by molar-refractivity contribution is 6.05. The number of carbonyl (C=O) groups excluding carboxylic acids is 2. The maximum Gasteiger partial charge on any atom is 0.316 e. The molecule has 0 aromatic heterocycles. The largest absolute Gasteiger partial charge is 0.498 e. The second-order valence-corrected chi connectivity index (χ2v) is 3.06. The molecule has 0 aromatic rings. The van der Waals surface area contributed by atoms with E-state index >= 15 is 0 Å². The molecule has 1 unspecified atom stereocenters. The fraction of sp³-hybridized carbons (Fsp3) is 0.600. The number of esters is 1. The van der Waals surface area contributed by atoms with Gasteiger partial charge >= 0.3 is 5.97 Å². The molecule has 4 heteroatoms. The first-order valence-corrected chi connectivity index (χ1v) is 4.64. The SMILES string of the molecule is CCOC1=CC(=O)C(C(=O)OC)CC1. The van der Waals surface area contributed by atoms with Crippen molar-refractivity contribution in [3.63, 3.8) is 0 Å². The highest BCUT2D eigenvalue weighted by Crippen LogP contribution is 2.22. The summed E-state index contributed by atoms with van der Waals surface area (Å²) in [4.78, 5) is 22.6. The first-order valence-electron chi connectivity index (χ1n) is 4.64. The molecule has 0 fully saturated rings. The van der Waals surface area contributed by atoms with Crippen molar-refractivity contribution in [2.75, 3.05) is 13.7 Å². The lowest BCUT2D eigenvalue weighted by molar-refractivity contribution is -0.148. The molecule has 14 heavy (non-hydrogen) atoms. The molecule has 0 saturated carbocycles. The van der Waals surface area contributed by atoms with E-state index in [1.54, 1.807) is 0 Å². The van der Waals surface area contributed by atoms with Crippen LogP contribution in [-0.4, -0.2) is 25.5 Å². The summed E-state index contributed by atoms with van der Waals surface area (Å²) >= 11 is 0. The van der Waals surface area contributed by atoms with E-state index in [0.29, 0.717) is 25.2 Å². The number of hydrogen-bond acceptors (Lipinski definition) is 4. The average Bonchev–Trinajstić information content (AvgIpc) is 2.17. The quantitative estimate of drug-likeness (QED) is 0.502. The van der Waals surface area contributed by atoms with Gasteiger partial charge in [0, 0.05) is 12.5 Å². The van der Waals surface area contributed by atoms with Gasteiger partial charge in [-0.2, -0.15) is 0 Å². The first-order chi connectivity index (χ1) is 6.69. The molecule has 0 N–H and O–H groups in total. The van der Waals surface area contributed by atoms with Crippen molar-refractivity contribution in [2.45, 2.75) is 19.8 Å². The summed E-state index contributed by atoms with van der Waals surface area (Å²) in [7, 11) is 1.29. The molecule has 0 spiro atoms. The molecular formula is C10H14O4. The molecule has 1 atom stereocenters. The summed E-state index contributed by atoms with van der Waals surface area (Å²) in [6.45, 7) is 2.40. The van der Waals surface area contributed by atoms with Gasteiger partial charge < -0.3 is 9.47 Å². The Labute approximate surface area is 82.9 Å². The van der Waals surface area contributed by atoms with E-state index in [4.69, 9.17) is 4.74 Å². The molecule has 1 aliphatic carbocycles. The zero-order chi connectivity index (χ0) is 10.6. The molecule has 0 saturated heterocycles. The third-order valence-electron chi connectivity index (χ3n) is 2.14. The van der Waals surface area contributed by atoms with Crippen molar-refractivity contribution in [3.05, 3.63) is 11.8 Å². The van der Waals surface area contributed by atoms with Crippen LogP contribution in [0.2, 0.25) is 0 Å². The Morgan fingerprint density at radius 1 is 1.64 bits per heavy atom. The van der Waals surface area contributed by atoms with Crippen LogP contribution in [0.4, 0.5) is 0 Å². The maximum absolute atomic E-state index is 11.4. The Hall–Kier alpha value is -1.32. The summed E-state index contributed by atoms with van der Waals surface area (Å²) in [5, 5.41) is 0. The number of methoxy groups -OCH3 is 1. The topological polar surface area (TPSA) is 52.6 Å². The number of carbonyl (C=O) groups is 2. The molecule has 0 aromatic carbocycles. The number of rotatable bonds is 3. The van der Waals surface area contributed by atoms with Gasteiger partial charge in [0.1, 0.15) is 5.92 Å². The van der Waals surface area contributed by atoms with Gasteiger partial charge in [0.05, 0.1) is 19.5 Å². The van der Waals surface area contributed by atoms with Crippen molar-refractivity contribution in [1.82, 2.24) is 0 Å². The molecule has 0 heterocycles. The van der Waals surface area contributed by atoms with Gasteiger partial charge in [0.2, 0.25) is 0 Å². The summed E-state index contributed by atoms with van der Waals surface area (Å²) in [6, 6.07) is 0. The van der Waals surface area contributed by atoms with Crippen LogP contribution in [0.5, 0.6) is 0 Å². The third-order valence-corrected chi connectivity index (χ3v) is 2.14. The average molecular weight is 198 g/mol. The molecule has 1 rings (SSSR count). The van der Waals surface area contributed by atoms with Crippen molar-refractivity contribution in [1.29, 1.82) is 0 Å². The van der Waals surface area contributed by atoms with Crippen LogP contribution in [0.15, 0.2) is 11.8 Å². The van der Waals surface area contributed by atoms with Crippen LogP contribution < -0.4 is 0 Å². The van der Waals surface area contributed by atoms with Gasteiger partial charge in [-0.25, -0.2) is 0 Å². The Bertz CT molecular complexity index is 267. The smallest absolute Gasteiger partial charge is 0.316 e. The molecule has 0 radical (unpaired) electrons. The van der Waals surface area contributed by atoms with E-state index in [0.717, 1.165) is 0 Å². The van der Waals surface area contributed by atoms with E-state index in [1.807, 2.05) is 6.92 Å². The van der Waals surface area contributed by atoms with Gasteiger partial charge in [-0.05, 0) is 13.3 Å². The number of ether oxygens (including phenoxy) is 2. The molecule has 1 aliphatic rings. The van der Waals surface area contributed by atoms with Crippen LogP contribution >= 0.6 is 0 Å². The minimum atomic E-state index is -0.635. The molecule has 4 nitrogen and oxygen atoms in total. The molecular weight excluding hydrogens is 184 g/mol. The second-order valence-electron chi connectivity index (χ2n) is 3.06. The maximum atomic E-state index is 11.4. The lowest BCUT2D eigenvalue weighted by Crippen LogP contribution is -2.27. The minimum absolute atomic E-state index is 0.216. The van der Waals surface area contributed by atoms with Crippen molar-refractivity contribution < 1.29 is 19.1 Å². The lowest BCUT2D eigenvalue weighted by Gasteiger charge is -2.18. The summed E-state index contributed by atoms with van der Waals surface area (Å²) in [6.07, 6.45) is 2.51. The second kappa shape index (κ2) is 4.79. The monoisotopic (exact) mass is 198 g/mol. The van der Waals surface area contributed by atoms with Gasteiger partial charge in [0.25, 0.3) is 0 Å².